The minimum Gasteiger partial charge on any atom is -0.477 e. The number of carboxylic acids is 1. The summed E-state index contributed by atoms with van der Waals surface area (Å²) in [6.45, 7) is 2.06. The minimum absolute atomic E-state index is 0.229. The van der Waals surface area contributed by atoms with E-state index in [0.29, 0.717) is 17.3 Å². The molecule has 4 nitrogen and oxygen atoms in total. The average molecular weight is 278 g/mol. The molecular weight excluding hydrogens is 266 g/mol. The maximum Gasteiger partial charge on any atom is 0.341 e. The Morgan fingerprint density at radius 1 is 1.32 bits per heavy atom. The molecule has 1 heterocycles. The molecule has 0 spiro atoms. The van der Waals surface area contributed by atoms with E-state index in [2.05, 4.69) is 0 Å². The van der Waals surface area contributed by atoms with E-state index < -0.39 is 11.5 Å². The van der Waals surface area contributed by atoms with Crippen molar-refractivity contribution in [3.8, 4) is 0 Å². The Morgan fingerprint density at radius 2 is 2.05 bits per heavy atom. The van der Waals surface area contributed by atoms with Gasteiger partial charge in [-0.15, -0.1) is 0 Å². The SMILES string of the molecule is Cc1ccc(C(=O)O)c(=O)n1Cc1cccc(Cl)c1. The number of aryl methyl sites for hydroxylation is 1. The zero-order valence-electron chi connectivity index (χ0n) is 10.3. The van der Waals surface area contributed by atoms with Crippen LogP contribution in [0.1, 0.15) is 21.6 Å². The normalized spacial score (nSPS) is 10.4. The standard InChI is InChI=1S/C14H12ClNO3/c1-9-5-6-12(14(18)19)13(17)16(9)8-10-3-2-4-11(15)7-10/h2-7H,8H2,1H3,(H,18,19). The Bertz CT molecular complexity index is 691. The van der Waals surface area contributed by atoms with Crippen molar-refractivity contribution in [3.63, 3.8) is 0 Å². The third-order valence-electron chi connectivity index (χ3n) is 2.85. The van der Waals surface area contributed by atoms with Crippen molar-refractivity contribution in [2.45, 2.75) is 13.5 Å². The lowest BCUT2D eigenvalue weighted by Gasteiger charge is -2.11. The summed E-state index contributed by atoms with van der Waals surface area (Å²) in [6.07, 6.45) is 0. The maximum absolute atomic E-state index is 12.1. The molecule has 5 heteroatoms. The first kappa shape index (κ1) is 13.4. The number of aromatic nitrogens is 1. The van der Waals surface area contributed by atoms with Crippen LogP contribution in [0.2, 0.25) is 5.02 Å². The quantitative estimate of drug-likeness (QED) is 0.938. The highest BCUT2D eigenvalue weighted by Crippen LogP contribution is 2.12. The fourth-order valence-electron chi connectivity index (χ4n) is 1.85. The van der Waals surface area contributed by atoms with Crippen molar-refractivity contribution in [1.82, 2.24) is 4.57 Å². The molecule has 0 aliphatic heterocycles. The molecule has 98 valence electrons. The van der Waals surface area contributed by atoms with Crippen molar-refractivity contribution in [1.29, 1.82) is 0 Å². The van der Waals surface area contributed by atoms with E-state index in [-0.39, 0.29) is 5.56 Å². The summed E-state index contributed by atoms with van der Waals surface area (Å²) in [5, 5.41) is 9.54. The zero-order chi connectivity index (χ0) is 14.0. The van der Waals surface area contributed by atoms with Crippen LogP contribution in [0.4, 0.5) is 0 Å². The van der Waals surface area contributed by atoms with Gasteiger partial charge in [0.25, 0.3) is 5.56 Å². The number of aromatic carboxylic acids is 1. The highest BCUT2D eigenvalue weighted by Gasteiger charge is 2.12. The summed E-state index contributed by atoms with van der Waals surface area (Å²) in [6, 6.07) is 10.1. The van der Waals surface area contributed by atoms with E-state index >= 15 is 0 Å². The molecule has 1 N–H and O–H groups in total. The fourth-order valence-corrected chi connectivity index (χ4v) is 2.06. The van der Waals surface area contributed by atoms with Crippen LogP contribution in [0.3, 0.4) is 0 Å². The Hall–Kier alpha value is -2.07. The van der Waals surface area contributed by atoms with Crippen molar-refractivity contribution in [2.75, 3.05) is 0 Å². The molecule has 0 bridgehead atoms. The number of rotatable bonds is 3. The van der Waals surface area contributed by atoms with Crippen molar-refractivity contribution < 1.29 is 9.90 Å². The molecule has 0 aliphatic carbocycles. The van der Waals surface area contributed by atoms with Gasteiger partial charge in [-0.05, 0) is 36.8 Å². The van der Waals surface area contributed by atoms with Gasteiger partial charge in [-0.3, -0.25) is 4.79 Å². The number of hydrogen-bond donors (Lipinski definition) is 1. The molecule has 0 radical (unpaired) electrons. The Morgan fingerprint density at radius 3 is 2.68 bits per heavy atom. The van der Waals surface area contributed by atoms with Crippen molar-refractivity contribution in [3.05, 3.63) is 68.6 Å². The van der Waals surface area contributed by atoms with Crippen LogP contribution in [-0.2, 0) is 6.54 Å². The molecule has 2 aromatic rings. The summed E-state index contributed by atoms with van der Waals surface area (Å²) in [5.41, 5.74) is 0.815. The molecule has 0 atom stereocenters. The summed E-state index contributed by atoms with van der Waals surface area (Å²) < 4.78 is 1.43. The molecule has 0 fully saturated rings. The minimum atomic E-state index is -1.22. The van der Waals surface area contributed by atoms with E-state index in [4.69, 9.17) is 16.7 Å². The molecule has 2 rings (SSSR count). The number of carbonyl (C=O) groups is 1. The maximum atomic E-state index is 12.1. The smallest absolute Gasteiger partial charge is 0.341 e. The second kappa shape index (κ2) is 5.28. The first-order chi connectivity index (χ1) is 8.99. The Labute approximate surface area is 114 Å². The summed E-state index contributed by atoms with van der Waals surface area (Å²) in [5.74, 6) is -1.22. The van der Waals surface area contributed by atoms with Crippen LogP contribution >= 0.6 is 11.6 Å². The second-order valence-electron chi connectivity index (χ2n) is 4.21. The van der Waals surface area contributed by atoms with Gasteiger partial charge >= 0.3 is 5.97 Å². The van der Waals surface area contributed by atoms with E-state index in [0.717, 1.165) is 5.56 Å². The molecule has 0 saturated carbocycles. The fraction of sp³-hybridized carbons (Fsp3) is 0.143. The van der Waals surface area contributed by atoms with E-state index in [1.807, 2.05) is 6.07 Å². The number of carboxylic acid groups (broad SMARTS) is 1. The number of nitrogens with zero attached hydrogens (tertiary/aromatic N) is 1. The van der Waals surface area contributed by atoms with E-state index in [1.54, 1.807) is 31.2 Å². The average Bonchev–Trinajstić information content (AvgIpc) is 2.34. The summed E-state index contributed by atoms with van der Waals surface area (Å²) >= 11 is 5.89. The molecule has 1 aromatic carbocycles. The topological polar surface area (TPSA) is 59.3 Å². The number of halogens is 1. The number of benzene rings is 1. The highest BCUT2D eigenvalue weighted by atomic mass is 35.5. The third-order valence-corrected chi connectivity index (χ3v) is 3.09. The van der Waals surface area contributed by atoms with Crippen molar-refractivity contribution in [2.24, 2.45) is 0 Å². The molecule has 0 saturated heterocycles. The van der Waals surface area contributed by atoms with Crippen LogP contribution < -0.4 is 5.56 Å². The van der Waals surface area contributed by atoms with Crippen LogP contribution in [0.5, 0.6) is 0 Å². The van der Waals surface area contributed by atoms with Crippen LogP contribution in [0, 0.1) is 6.92 Å². The third kappa shape index (κ3) is 2.85. The van der Waals surface area contributed by atoms with Gasteiger partial charge in [-0.25, -0.2) is 4.79 Å². The van der Waals surface area contributed by atoms with E-state index in [1.165, 1.54) is 10.6 Å². The predicted octanol–water partition coefficient (Wildman–Crippen LogP) is 2.56. The van der Waals surface area contributed by atoms with Gasteiger partial charge in [0.15, 0.2) is 0 Å². The van der Waals surface area contributed by atoms with Gasteiger partial charge in [0, 0.05) is 10.7 Å². The summed E-state index contributed by atoms with van der Waals surface area (Å²) in [7, 11) is 0. The molecule has 0 aliphatic rings. The first-order valence-electron chi connectivity index (χ1n) is 5.67. The highest BCUT2D eigenvalue weighted by molar-refractivity contribution is 6.30. The Kier molecular flexibility index (Phi) is 3.71. The van der Waals surface area contributed by atoms with Gasteiger partial charge in [-0.2, -0.15) is 0 Å². The molecule has 19 heavy (non-hydrogen) atoms. The molecule has 0 unspecified atom stereocenters. The predicted molar refractivity (Wildman–Crippen MR) is 73.0 cm³/mol. The van der Waals surface area contributed by atoms with E-state index in [9.17, 15) is 9.59 Å². The number of hydrogen-bond acceptors (Lipinski definition) is 2. The lowest BCUT2D eigenvalue weighted by Crippen LogP contribution is -2.28. The lowest BCUT2D eigenvalue weighted by molar-refractivity contribution is 0.0694. The zero-order valence-corrected chi connectivity index (χ0v) is 11.0. The van der Waals surface area contributed by atoms with Crippen molar-refractivity contribution >= 4 is 17.6 Å². The monoisotopic (exact) mass is 277 g/mol. The second-order valence-corrected chi connectivity index (χ2v) is 4.65. The summed E-state index contributed by atoms with van der Waals surface area (Å²) in [4.78, 5) is 23.0. The van der Waals surface area contributed by atoms with Gasteiger partial charge in [-0.1, -0.05) is 23.7 Å². The van der Waals surface area contributed by atoms with Crippen LogP contribution in [0.25, 0.3) is 0 Å². The largest absolute Gasteiger partial charge is 0.477 e. The molecular formula is C14H12ClNO3. The molecule has 1 aromatic heterocycles. The van der Waals surface area contributed by atoms with Gasteiger partial charge in [0.1, 0.15) is 5.56 Å². The Balaban J connectivity index is 2.48. The molecule has 0 amide bonds. The lowest BCUT2D eigenvalue weighted by atomic mass is 10.2. The van der Waals surface area contributed by atoms with Gasteiger partial charge in [0.05, 0.1) is 6.54 Å². The van der Waals surface area contributed by atoms with Gasteiger partial charge < -0.3 is 9.67 Å². The first-order valence-corrected chi connectivity index (χ1v) is 6.05. The number of pyridine rings is 1. The van der Waals surface area contributed by atoms with Gasteiger partial charge in [0.2, 0.25) is 0 Å². The van der Waals surface area contributed by atoms with Crippen LogP contribution in [-0.4, -0.2) is 15.6 Å². The van der Waals surface area contributed by atoms with Crippen LogP contribution in [0.15, 0.2) is 41.2 Å².